The number of hydrogen-bond acceptors (Lipinski definition) is 5. The maximum absolute atomic E-state index is 12.7. The van der Waals surface area contributed by atoms with Gasteiger partial charge in [-0.1, -0.05) is 48.0 Å². The van der Waals surface area contributed by atoms with Gasteiger partial charge in [-0.05, 0) is 48.3 Å². The second-order valence-corrected chi connectivity index (χ2v) is 7.71. The van der Waals surface area contributed by atoms with Crippen LogP contribution in [0, 0.1) is 6.92 Å². The minimum atomic E-state index is -0.373. The summed E-state index contributed by atoms with van der Waals surface area (Å²) in [5.74, 6) is 0.416. The quantitative estimate of drug-likeness (QED) is 0.607. The molecule has 3 aromatic carbocycles. The molecule has 1 heterocycles. The van der Waals surface area contributed by atoms with Crippen molar-refractivity contribution in [3.05, 3.63) is 76.7 Å². The first-order valence-corrected chi connectivity index (χ1v) is 10.00. The predicted octanol–water partition coefficient (Wildman–Crippen LogP) is 4.97. The van der Waals surface area contributed by atoms with E-state index in [4.69, 9.17) is 4.74 Å². The molecule has 0 unspecified atom stereocenters. The van der Waals surface area contributed by atoms with E-state index in [1.165, 1.54) is 4.90 Å². The highest BCUT2D eigenvalue weighted by Gasteiger charge is 2.35. The van der Waals surface area contributed by atoms with Crippen molar-refractivity contribution in [1.29, 1.82) is 0 Å². The highest BCUT2D eigenvalue weighted by molar-refractivity contribution is 8.18. The van der Waals surface area contributed by atoms with E-state index in [1.54, 1.807) is 24.3 Å². The van der Waals surface area contributed by atoms with Crippen molar-refractivity contribution in [3.8, 4) is 11.5 Å². The molecule has 0 saturated carbocycles. The van der Waals surface area contributed by atoms with E-state index in [0.29, 0.717) is 10.5 Å². The average molecular weight is 405 g/mol. The number of aryl methyl sites for hydroxylation is 1. The fourth-order valence-corrected chi connectivity index (χ4v) is 4.05. The zero-order valence-electron chi connectivity index (χ0n) is 15.8. The Labute approximate surface area is 172 Å². The van der Waals surface area contributed by atoms with Crippen molar-refractivity contribution in [2.24, 2.45) is 0 Å². The molecular weight excluding hydrogens is 386 g/mol. The third-order valence-corrected chi connectivity index (χ3v) is 5.57. The second kappa shape index (κ2) is 8.01. The van der Waals surface area contributed by atoms with Crippen LogP contribution < -0.4 is 4.74 Å². The Morgan fingerprint density at radius 3 is 2.72 bits per heavy atom. The second-order valence-electron chi connectivity index (χ2n) is 6.72. The summed E-state index contributed by atoms with van der Waals surface area (Å²) in [5.41, 5.74) is 1.47. The van der Waals surface area contributed by atoms with Gasteiger partial charge in [-0.15, -0.1) is 0 Å². The van der Waals surface area contributed by atoms with Gasteiger partial charge in [-0.3, -0.25) is 14.5 Å². The van der Waals surface area contributed by atoms with Crippen molar-refractivity contribution >= 4 is 39.8 Å². The van der Waals surface area contributed by atoms with Crippen molar-refractivity contribution in [3.63, 3.8) is 0 Å². The number of phenols is 1. The molecule has 1 saturated heterocycles. The Kier molecular flexibility index (Phi) is 5.27. The van der Waals surface area contributed by atoms with Crippen LogP contribution in [-0.4, -0.2) is 34.3 Å². The summed E-state index contributed by atoms with van der Waals surface area (Å²) in [6.07, 6.45) is 1.55. The number of fused-ring (bicyclic) bond motifs is 1. The SMILES string of the molecule is Cc1ccc(O)c(/C=C2\SC(=O)N(CCOc3cccc4ccccc34)C2=O)c1. The van der Waals surface area contributed by atoms with Gasteiger partial charge in [-0.25, -0.2) is 0 Å². The Morgan fingerprint density at radius 2 is 1.86 bits per heavy atom. The number of carbonyl (C=O) groups excluding carboxylic acids is 2. The average Bonchev–Trinajstić information content (AvgIpc) is 2.98. The molecule has 3 aromatic rings. The van der Waals surface area contributed by atoms with Crippen LogP contribution in [-0.2, 0) is 4.79 Å². The Bertz CT molecular complexity index is 1130. The third-order valence-electron chi connectivity index (χ3n) is 4.67. The number of rotatable bonds is 5. The molecule has 0 atom stereocenters. The summed E-state index contributed by atoms with van der Waals surface area (Å²) in [5, 5.41) is 11.7. The van der Waals surface area contributed by atoms with E-state index >= 15 is 0 Å². The van der Waals surface area contributed by atoms with Crippen molar-refractivity contribution in [2.75, 3.05) is 13.2 Å². The number of nitrogens with zero attached hydrogens (tertiary/aromatic N) is 1. The van der Waals surface area contributed by atoms with Crippen LogP contribution in [0.2, 0.25) is 0 Å². The smallest absolute Gasteiger partial charge is 0.293 e. The summed E-state index contributed by atoms with van der Waals surface area (Å²) in [6.45, 7) is 2.26. The van der Waals surface area contributed by atoms with E-state index < -0.39 is 0 Å². The zero-order chi connectivity index (χ0) is 20.4. The summed E-state index contributed by atoms with van der Waals surface area (Å²) < 4.78 is 5.85. The molecule has 0 spiro atoms. The van der Waals surface area contributed by atoms with Crippen LogP contribution in [0.15, 0.2) is 65.6 Å². The molecule has 1 fully saturated rings. The van der Waals surface area contributed by atoms with Crippen LogP contribution in [0.5, 0.6) is 11.5 Å². The normalized spacial score (nSPS) is 15.5. The Balaban J connectivity index is 1.46. The lowest BCUT2D eigenvalue weighted by molar-refractivity contribution is -0.123. The third kappa shape index (κ3) is 3.98. The van der Waals surface area contributed by atoms with Gasteiger partial charge in [0.1, 0.15) is 18.1 Å². The Morgan fingerprint density at radius 1 is 1.07 bits per heavy atom. The summed E-state index contributed by atoms with van der Waals surface area (Å²) >= 11 is 0.872. The number of amides is 2. The first-order chi connectivity index (χ1) is 14.0. The fraction of sp³-hybridized carbons (Fsp3) is 0.130. The van der Waals surface area contributed by atoms with Crippen LogP contribution in [0.25, 0.3) is 16.8 Å². The molecule has 0 radical (unpaired) electrons. The highest BCUT2D eigenvalue weighted by Crippen LogP contribution is 2.34. The van der Waals surface area contributed by atoms with Crippen LogP contribution in [0.4, 0.5) is 4.79 Å². The van der Waals surface area contributed by atoms with Gasteiger partial charge in [0.05, 0.1) is 11.4 Å². The fourth-order valence-electron chi connectivity index (χ4n) is 3.19. The molecule has 1 N–H and O–H groups in total. The minimum Gasteiger partial charge on any atom is -0.507 e. The number of carbonyl (C=O) groups is 2. The van der Waals surface area contributed by atoms with Gasteiger partial charge in [0.15, 0.2) is 0 Å². The monoisotopic (exact) mass is 405 g/mol. The van der Waals surface area contributed by atoms with Gasteiger partial charge in [0.2, 0.25) is 0 Å². The lowest BCUT2D eigenvalue weighted by Crippen LogP contribution is -2.32. The number of benzene rings is 3. The highest BCUT2D eigenvalue weighted by atomic mass is 32.2. The minimum absolute atomic E-state index is 0.0710. The van der Waals surface area contributed by atoms with E-state index in [0.717, 1.165) is 33.8 Å². The van der Waals surface area contributed by atoms with Gasteiger partial charge in [0.25, 0.3) is 11.1 Å². The maximum atomic E-state index is 12.7. The molecule has 29 heavy (non-hydrogen) atoms. The molecule has 4 rings (SSSR count). The standard InChI is InChI=1S/C23H19NO4S/c1-15-9-10-19(25)17(13-15)14-21-22(26)24(23(27)29-21)11-12-28-20-8-4-6-16-5-2-3-7-18(16)20/h2-10,13-14,25H,11-12H2,1H3/b21-14-. The van der Waals surface area contributed by atoms with Gasteiger partial charge in [-0.2, -0.15) is 0 Å². The number of aromatic hydroxyl groups is 1. The van der Waals surface area contributed by atoms with E-state index in [9.17, 15) is 14.7 Å². The van der Waals surface area contributed by atoms with Gasteiger partial charge < -0.3 is 9.84 Å². The molecule has 146 valence electrons. The molecule has 1 aliphatic rings. The molecule has 5 nitrogen and oxygen atoms in total. The van der Waals surface area contributed by atoms with Gasteiger partial charge >= 0.3 is 0 Å². The molecule has 1 aliphatic heterocycles. The van der Waals surface area contributed by atoms with Crippen LogP contribution in [0.1, 0.15) is 11.1 Å². The van der Waals surface area contributed by atoms with Crippen molar-refractivity contribution in [2.45, 2.75) is 6.92 Å². The van der Waals surface area contributed by atoms with E-state index in [-0.39, 0.29) is 30.0 Å². The van der Waals surface area contributed by atoms with Crippen LogP contribution >= 0.6 is 11.8 Å². The van der Waals surface area contributed by atoms with E-state index in [1.807, 2.05) is 49.4 Å². The van der Waals surface area contributed by atoms with Crippen molar-refractivity contribution in [1.82, 2.24) is 4.90 Å². The number of imide groups is 1. The first-order valence-electron chi connectivity index (χ1n) is 9.18. The number of hydrogen-bond donors (Lipinski definition) is 1. The zero-order valence-corrected chi connectivity index (χ0v) is 16.6. The molecule has 0 aromatic heterocycles. The largest absolute Gasteiger partial charge is 0.507 e. The maximum Gasteiger partial charge on any atom is 0.293 e. The summed E-state index contributed by atoms with van der Waals surface area (Å²) in [6, 6.07) is 18.8. The number of thioether (sulfide) groups is 1. The lowest BCUT2D eigenvalue weighted by Gasteiger charge is -2.14. The molecule has 2 amide bonds. The molecule has 6 heteroatoms. The summed E-state index contributed by atoms with van der Waals surface area (Å²) in [7, 11) is 0. The van der Waals surface area contributed by atoms with E-state index in [2.05, 4.69) is 0 Å². The topological polar surface area (TPSA) is 66.8 Å². The summed E-state index contributed by atoms with van der Waals surface area (Å²) in [4.78, 5) is 26.4. The molecular formula is C23H19NO4S. The Hall–Kier alpha value is -3.25. The first kappa shape index (κ1) is 19.1. The number of phenolic OH excluding ortho intramolecular Hbond substituents is 1. The van der Waals surface area contributed by atoms with Gasteiger partial charge in [0, 0.05) is 10.9 Å². The predicted molar refractivity (Wildman–Crippen MR) is 115 cm³/mol. The van der Waals surface area contributed by atoms with Crippen LogP contribution in [0.3, 0.4) is 0 Å². The molecule has 0 bridgehead atoms. The lowest BCUT2D eigenvalue weighted by atomic mass is 10.1. The number of ether oxygens (including phenoxy) is 1. The molecule has 0 aliphatic carbocycles. The van der Waals surface area contributed by atoms with Crippen molar-refractivity contribution < 1.29 is 19.4 Å².